The van der Waals surface area contributed by atoms with Crippen LogP contribution in [0.4, 0.5) is 5.69 Å². The molecular formula is C26H26N2O6S. The Balaban J connectivity index is 1.53. The van der Waals surface area contributed by atoms with Crippen molar-refractivity contribution in [2.24, 2.45) is 5.92 Å². The summed E-state index contributed by atoms with van der Waals surface area (Å²) in [5, 5.41) is 9.59. The van der Waals surface area contributed by atoms with Gasteiger partial charge in [0.15, 0.2) is 0 Å². The number of hydrogen-bond acceptors (Lipinski definition) is 5. The van der Waals surface area contributed by atoms with Gasteiger partial charge in [-0.15, -0.1) is 0 Å². The molecule has 1 aliphatic heterocycles. The van der Waals surface area contributed by atoms with Gasteiger partial charge in [-0.05, 0) is 65.1 Å². The van der Waals surface area contributed by atoms with Crippen LogP contribution in [0.2, 0.25) is 0 Å². The van der Waals surface area contributed by atoms with E-state index in [0.29, 0.717) is 17.0 Å². The molecule has 8 nitrogen and oxygen atoms in total. The summed E-state index contributed by atoms with van der Waals surface area (Å²) in [5.41, 5.74) is 3.24. The van der Waals surface area contributed by atoms with Crippen LogP contribution in [0.1, 0.15) is 29.8 Å². The SMILES string of the molecule is COc1ccc(S(=O)(=O)Nc2ccc(-c3ccc4c(c3)C(=O)N([C@H](C(=O)O)C(C)C)C4)cc2)cc1. The molecule has 0 fully saturated rings. The molecule has 0 unspecified atom stereocenters. The van der Waals surface area contributed by atoms with Crippen molar-refractivity contribution in [3.8, 4) is 16.9 Å². The Morgan fingerprint density at radius 3 is 2.20 bits per heavy atom. The van der Waals surface area contributed by atoms with Crippen LogP contribution in [0.25, 0.3) is 11.1 Å². The number of rotatable bonds is 8. The van der Waals surface area contributed by atoms with Gasteiger partial charge in [-0.25, -0.2) is 13.2 Å². The average molecular weight is 495 g/mol. The molecular weight excluding hydrogens is 468 g/mol. The Morgan fingerprint density at radius 1 is 1.00 bits per heavy atom. The summed E-state index contributed by atoms with van der Waals surface area (Å²) < 4.78 is 32.9. The number of nitrogens with one attached hydrogen (secondary N) is 1. The van der Waals surface area contributed by atoms with Gasteiger partial charge in [0.2, 0.25) is 0 Å². The quantitative estimate of drug-likeness (QED) is 0.485. The fourth-order valence-electron chi connectivity index (χ4n) is 4.21. The summed E-state index contributed by atoms with van der Waals surface area (Å²) >= 11 is 0. The normalized spacial score (nSPS) is 14.1. The summed E-state index contributed by atoms with van der Waals surface area (Å²) in [4.78, 5) is 26.2. The van der Waals surface area contributed by atoms with E-state index in [1.807, 2.05) is 12.1 Å². The predicted molar refractivity (Wildman–Crippen MR) is 132 cm³/mol. The monoisotopic (exact) mass is 494 g/mol. The molecule has 2 N–H and O–H groups in total. The van der Waals surface area contributed by atoms with Gasteiger partial charge >= 0.3 is 5.97 Å². The standard InChI is InChI=1S/C26H26N2O6S/c1-16(2)24(26(30)31)28-15-19-5-4-18(14-23(19)25(28)29)17-6-8-20(9-7-17)27-35(32,33)22-12-10-21(34-3)11-13-22/h4-14,16,24,27H,15H2,1-3H3,(H,30,31)/t24-/m0/s1. The molecule has 182 valence electrons. The van der Waals surface area contributed by atoms with E-state index < -0.39 is 22.0 Å². The number of fused-ring (bicyclic) bond motifs is 1. The maximum absolute atomic E-state index is 13.0. The van der Waals surface area contributed by atoms with Crippen LogP contribution < -0.4 is 9.46 Å². The number of ether oxygens (including phenoxy) is 1. The Bertz CT molecular complexity index is 1370. The topological polar surface area (TPSA) is 113 Å². The Kier molecular flexibility index (Phi) is 6.53. The first kappa shape index (κ1) is 24.3. The average Bonchev–Trinajstić information content (AvgIpc) is 3.14. The molecule has 1 heterocycles. The van der Waals surface area contributed by atoms with E-state index in [2.05, 4.69) is 4.72 Å². The van der Waals surface area contributed by atoms with Crippen LogP contribution in [0.15, 0.2) is 71.6 Å². The summed E-state index contributed by atoms with van der Waals surface area (Å²) in [6.45, 7) is 3.82. The highest BCUT2D eigenvalue weighted by Gasteiger charge is 2.38. The minimum Gasteiger partial charge on any atom is -0.497 e. The van der Waals surface area contributed by atoms with Gasteiger partial charge in [0.25, 0.3) is 15.9 Å². The highest BCUT2D eigenvalue weighted by molar-refractivity contribution is 7.92. The molecule has 0 aliphatic carbocycles. The summed E-state index contributed by atoms with van der Waals surface area (Å²) in [6, 6.07) is 17.5. The molecule has 4 rings (SSSR count). The van der Waals surface area contributed by atoms with E-state index in [4.69, 9.17) is 4.74 Å². The fourth-order valence-corrected chi connectivity index (χ4v) is 5.26. The Labute approximate surface area is 204 Å². The first-order valence-corrected chi connectivity index (χ1v) is 12.5. The number of amides is 1. The van der Waals surface area contributed by atoms with Crippen LogP contribution in [-0.2, 0) is 21.4 Å². The molecule has 0 radical (unpaired) electrons. The Hall–Kier alpha value is -3.85. The minimum absolute atomic E-state index is 0.116. The Morgan fingerprint density at radius 2 is 1.63 bits per heavy atom. The van der Waals surface area contributed by atoms with Crippen molar-refractivity contribution in [2.75, 3.05) is 11.8 Å². The molecule has 1 amide bonds. The zero-order valence-electron chi connectivity index (χ0n) is 19.6. The molecule has 0 saturated carbocycles. The highest BCUT2D eigenvalue weighted by atomic mass is 32.2. The predicted octanol–water partition coefficient (Wildman–Crippen LogP) is 4.23. The van der Waals surface area contributed by atoms with Gasteiger partial charge in [0.05, 0.1) is 12.0 Å². The van der Waals surface area contributed by atoms with Crippen molar-refractivity contribution in [1.82, 2.24) is 4.90 Å². The molecule has 9 heteroatoms. The molecule has 0 bridgehead atoms. The fraction of sp³-hybridized carbons (Fsp3) is 0.231. The van der Waals surface area contributed by atoms with Crippen LogP contribution in [0.3, 0.4) is 0 Å². The molecule has 0 saturated heterocycles. The van der Waals surface area contributed by atoms with Crippen molar-refractivity contribution in [1.29, 1.82) is 0 Å². The second-order valence-electron chi connectivity index (χ2n) is 8.69. The number of methoxy groups -OCH3 is 1. The van der Waals surface area contributed by atoms with Crippen LogP contribution in [-0.4, -0.2) is 43.5 Å². The smallest absolute Gasteiger partial charge is 0.326 e. The number of benzene rings is 3. The number of carbonyl (C=O) groups is 2. The second-order valence-corrected chi connectivity index (χ2v) is 10.4. The third kappa shape index (κ3) is 4.85. The van der Waals surface area contributed by atoms with Gasteiger partial charge in [0.1, 0.15) is 11.8 Å². The zero-order valence-corrected chi connectivity index (χ0v) is 20.4. The van der Waals surface area contributed by atoms with Gasteiger partial charge in [-0.2, -0.15) is 0 Å². The number of carboxylic acid groups (broad SMARTS) is 1. The number of sulfonamides is 1. The minimum atomic E-state index is -3.76. The highest BCUT2D eigenvalue weighted by Crippen LogP contribution is 2.32. The van der Waals surface area contributed by atoms with E-state index in [0.717, 1.165) is 16.7 Å². The third-order valence-corrected chi connectivity index (χ3v) is 7.40. The zero-order chi connectivity index (χ0) is 25.3. The van der Waals surface area contributed by atoms with E-state index in [-0.39, 0.29) is 23.3 Å². The molecule has 1 aliphatic rings. The summed E-state index contributed by atoms with van der Waals surface area (Å²) in [6.07, 6.45) is 0. The van der Waals surface area contributed by atoms with Crippen molar-refractivity contribution < 1.29 is 27.9 Å². The number of anilines is 1. The van der Waals surface area contributed by atoms with Crippen LogP contribution >= 0.6 is 0 Å². The lowest BCUT2D eigenvalue weighted by atomic mass is 10.0. The maximum atomic E-state index is 13.0. The summed E-state index contributed by atoms with van der Waals surface area (Å²) in [7, 11) is -2.25. The van der Waals surface area contributed by atoms with Gasteiger partial charge < -0.3 is 14.7 Å². The van der Waals surface area contributed by atoms with E-state index in [9.17, 15) is 23.1 Å². The number of carboxylic acids is 1. The first-order chi connectivity index (χ1) is 16.6. The number of aliphatic carboxylic acids is 1. The molecule has 1 atom stereocenters. The van der Waals surface area contributed by atoms with Crippen LogP contribution in [0, 0.1) is 5.92 Å². The largest absolute Gasteiger partial charge is 0.497 e. The lowest BCUT2D eigenvalue weighted by molar-refractivity contribution is -0.144. The molecule has 3 aromatic carbocycles. The number of carbonyl (C=O) groups excluding carboxylic acids is 1. The lowest BCUT2D eigenvalue weighted by Gasteiger charge is -2.27. The van der Waals surface area contributed by atoms with E-state index in [1.54, 1.807) is 56.3 Å². The summed E-state index contributed by atoms with van der Waals surface area (Å²) in [5.74, 6) is -0.979. The molecule has 0 aromatic heterocycles. The van der Waals surface area contributed by atoms with E-state index >= 15 is 0 Å². The number of hydrogen-bond donors (Lipinski definition) is 2. The number of nitrogens with zero attached hydrogens (tertiary/aromatic N) is 1. The van der Waals surface area contributed by atoms with Crippen molar-refractivity contribution >= 4 is 27.6 Å². The second kappa shape index (κ2) is 9.42. The van der Waals surface area contributed by atoms with Gasteiger partial charge in [0, 0.05) is 17.8 Å². The van der Waals surface area contributed by atoms with Gasteiger partial charge in [-0.1, -0.05) is 38.1 Å². The first-order valence-electron chi connectivity index (χ1n) is 11.0. The van der Waals surface area contributed by atoms with Gasteiger partial charge in [-0.3, -0.25) is 9.52 Å². The van der Waals surface area contributed by atoms with Crippen LogP contribution in [0.5, 0.6) is 5.75 Å². The lowest BCUT2D eigenvalue weighted by Crippen LogP contribution is -2.44. The third-order valence-electron chi connectivity index (χ3n) is 6.00. The molecule has 0 spiro atoms. The molecule has 35 heavy (non-hydrogen) atoms. The van der Waals surface area contributed by atoms with Crippen molar-refractivity contribution in [2.45, 2.75) is 31.3 Å². The maximum Gasteiger partial charge on any atom is 0.326 e. The van der Waals surface area contributed by atoms with E-state index in [1.165, 1.54) is 24.1 Å². The van der Waals surface area contributed by atoms with Crippen molar-refractivity contribution in [3.05, 3.63) is 77.9 Å². The van der Waals surface area contributed by atoms with Crippen molar-refractivity contribution in [3.63, 3.8) is 0 Å². The molecule has 3 aromatic rings.